The summed E-state index contributed by atoms with van der Waals surface area (Å²) >= 11 is 0. The molecule has 118 valence electrons. The summed E-state index contributed by atoms with van der Waals surface area (Å²) in [6.45, 7) is 9.03. The molecule has 0 aliphatic heterocycles. The highest BCUT2D eigenvalue weighted by atomic mass is 16.6. The summed E-state index contributed by atoms with van der Waals surface area (Å²) in [6.07, 6.45) is 4.29. The molecule has 1 aliphatic carbocycles. The van der Waals surface area contributed by atoms with Crippen LogP contribution in [0.1, 0.15) is 52.3 Å². The quantitative estimate of drug-likeness (QED) is 0.594. The van der Waals surface area contributed by atoms with Crippen molar-refractivity contribution in [3.05, 3.63) is 11.9 Å². The number of hydrogen-bond acceptors (Lipinski definition) is 5. The van der Waals surface area contributed by atoms with Gasteiger partial charge in [0.25, 0.3) is 0 Å². The maximum absolute atomic E-state index is 11.9. The molecule has 2 rings (SSSR count). The van der Waals surface area contributed by atoms with Crippen LogP contribution in [-0.2, 0) is 20.7 Å². The largest absolute Gasteiger partial charge is 0.460 e. The Hall–Kier alpha value is -1.43. The van der Waals surface area contributed by atoms with Crippen LogP contribution in [0.4, 0.5) is 0 Å². The van der Waals surface area contributed by atoms with E-state index in [4.69, 9.17) is 9.47 Å². The predicted octanol–water partition coefficient (Wildman–Crippen LogP) is 2.15. The van der Waals surface area contributed by atoms with Crippen molar-refractivity contribution in [3.8, 4) is 0 Å². The first-order chi connectivity index (χ1) is 9.89. The van der Waals surface area contributed by atoms with Crippen LogP contribution in [0.2, 0.25) is 0 Å². The third-order valence-electron chi connectivity index (χ3n) is 3.49. The summed E-state index contributed by atoms with van der Waals surface area (Å²) < 4.78 is 12.6. The molecule has 6 nitrogen and oxygen atoms in total. The standard InChI is InChI=1S/C15H25N3O3/c1-5-20-7-6-12-10-18(17-16-12)13-8-11(9-13)14(19)21-15(2,3)4/h10-11,13H,5-9H2,1-4H3. The Balaban J connectivity index is 1.78. The van der Waals surface area contributed by atoms with Crippen molar-refractivity contribution in [3.63, 3.8) is 0 Å². The molecule has 1 heterocycles. The molecule has 0 spiro atoms. The summed E-state index contributed by atoms with van der Waals surface area (Å²) in [5.41, 5.74) is 0.520. The highest BCUT2D eigenvalue weighted by Crippen LogP contribution is 2.38. The van der Waals surface area contributed by atoms with Crippen molar-refractivity contribution in [2.45, 2.75) is 58.6 Å². The fourth-order valence-electron chi connectivity index (χ4n) is 2.31. The van der Waals surface area contributed by atoms with Gasteiger partial charge in [-0.1, -0.05) is 5.21 Å². The fourth-order valence-corrected chi connectivity index (χ4v) is 2.31. The molecular weight excluding hydrogens is 270 g/mol. The van der Waals surface area contributed by atoms with E-state index in [9.17, 15) is 4.79 Å². The summed E-state index contributed by atoms with van der Waals surface area (Å²) in [7, 11) is 0. The zero-order chi connectivity index (χ0) is 15.5. The number of carbonyl (C=O) groups is 1. The highest BCUT2D eigenvalue weighted by Gasteiger charge is 2.38. The van der Waals surface area contributed by atoms with Crippen LogP contribution in [0.15, 0.2) is 6.20 Å². The third kappa shape index (κ3) is 4.52. The molecule has 0 amide bonds. The zero-order valence-electron chi connectivity index (χ0n) is 13.3. The number of aromatic nitrogens is 3. The van der Waals surface area contributed by atoms with Gasteiger partial charge in [-0.15, -0.1) is 5.10 Å². The van der Waals surface area contributed by atoms with Crippen LogP contribution >= 0.6 is 0 Å². The van der Waals surface area contributed by atoms with Crippen LogP contribution < -0.4 is 0 Å². The van der Waals surface area contributed by atoms with Crippen molar-refractivity contribution in [2.75, 3.05) is 13.2 Å². The molecule has 1 aliphatic rings. The first-order valence-corrected chi connectivity index (χ1v) is 7.60. The van der Waals surface area contributed by atoms with Crippen LogP contribution in [0.3, 0.4) is 0 Å². The minimum atomic E-state index is -0.415. The van der Waals surface area contributed by atoms with E-state index in [0.29, 0.717) is 13.2 Å². The molecule has 1 aromatic rings. The van der Waals surface area contributed by atoms with Crippen LogP contribution in [-0.4, -0.2) is 39.8 Å². The number of esters is 1. The number of nitrogens with zero attached hydrogens (tertiary/aromatic N) is 3. The summed E-state index contributed by atoms with van der Waals surface area (Å²) in [5.74, 6) is -0.110. The number of carbonyl (C=O) groups excluding carboxylic acids is 1. The maximum atomic E-state index is 11.9. The van der Waals surface area contributed by atoms with Crippen LogP contribution in [0.5, 0.6) is 0 Å². The number of hydrogen-bond donors (Lipinski definition) is 0. The van der Waals surface area contributed by atoms with Crippen LogP contribution in [0, 0.1) is 5.92 Å². The van der Waals surface area contributed by atoms with Gasteiger partial charge in [0.1, 0.15) is 5.60 Å². The van der Waals surface area contributed by atoms with E-state index < -0.39 is 5.60 Å². The van der Waals surface area contributed by atoms with Gasteiger partial charge in [0.05, 0.1) is 24.3 Å². The van der Waals surface area contributed by atoms with Gasteiger partial charge in [0.2, 0.25) is 0 Å². The van der Waals surface area contributed by atoms with E-state index in [1.807, 2.05) is 38.6 Å². The summed E-state index contributed by atoms with van der Waals surface area (Å²) in [4.78, 5) is 11.9. The lowest BCUT2D eigenvalue weighted by Gasteiger charge is -2.35. The van der Waals surface area contributed by atoms with Gasteiger partial charge in [0, 0.05) is 19.2 Å². The molecule has 0 saturated heterocycles. The summed E-state index contributed by atoms with van der Waals surface area (Å²) in [6, 6.07) is 0.260. The SMILES string of the molecule is CCOCCc1cn(C2CC(C(=O)OC(C)(C)C)C2)nn1. The van der Waals surface area contributed by atoms with Gasteiger partial charge >= 0.3 is 5.97 Å². The maximum Gasteiger partial charge on any atom is 0.309 e. The van der Waals surface area contributed by atoms with Crippen molar-refractivity contribution in [2.24, 2.45) is 5.92 Å². The number of rotatable bonds is 6. The normalized spacial score (nSPS) is 21.9. The average molecular weight is 295 g/mol. The zero-order valence-corrected chi connectivity index (χ0v) is 13.3. The van der Waals surface area contributed by atoms with Gasteiger partial charge in [-0.2, -0.15) is 0 Å². The Bertz CT molecular complexity index is 473. The van der Waals surface area contributed by atoms with E-state index in [0.717, 1.165) is 25.0 Å². The average Bonchev–Trinajstić information content (AvgIpc) is 2.73. The lowest BCUT2D eigenvalue weighted by molar-refractivity contribution is -0.164. The molecule has 0 atom stereocenters. The smallest absolute Gasteiger partial charge is 0.309 e. The fraction of sp³-hybridized carbons (Fsp3) is 0.800. The predicted molar refractivity (Wildman–Crippen MR) is 77.8 cm³/mol. The van der Waals surface area contributed by atoms with Crippen molar-refractivity contribution < 1.29 is 14.3 Å². The summed E-state index contributed by atoms with van der Waals surface area (Å²) in [5, 5.41) is 8.28. The van der Waals surface area contributed by atoms with Crippen molar-refractivity contribution in [1.82, 2.24) is 15.0 Å². The minimum Gasteiger partial charge on any atom is -0.460 e. The topological polar surface area (TPSA) is 66.2 Å². The monoisotopic (exact) mass is 295 g/mol. The van der Waals surface area contributed by atoms with Gasteiger partial charge < -0.3 is 9.47 Å². The Morgan fingerprint density at radius 3 is 2.76 bits per heavy atom. The second-order valence-corrected chi connectivity index (χ2v) is 6.49. The molecular formula is C15H25N3O3. The molecule has 0 N–H and O–H groups in total. The lowest BCUT2D eigenvalue weighted by Crippen LogP contribution is -2.37. The Labute approximate surface area is 125 Å². The van der Waals surface area contributed by atoms with Gasteiger partial charge in [0.15, 0.2) is 0 Å². The molecule has 1 saturated carbocycles. The van der Waals surface area contributed by atoms with E-state index in [-0.39, 0.29) is 17.9 Å². The van der Waals surface area contributed by atoms with Gasteiger partial charge in [-0.05, 0) is 40.5 Å². The molecule has 0 unspecified atom stereocenters. The highest BCUT2D eigenvalue weighted by molar-refractivity contribution is 5.74. The van der Waals surface area contributed by atoms with Gasteiger partial charge in [-0.3, -0.25) is 4.79 Å². The molecule has 1 aromatic heterocycles. The minimum absolute atomic E-state index is 0.00898. The Morgan fingerprint density at radius 2 is 2.14 bits per heavy atom. The van der Waals surface area contributed by atoms with E-state index in [2.05, 4.69) is 10.3 Å². The molecule has 6 heteroatoms. The Morgan fingerprint density at radius 1 is 1.43 bits per heavy atom. The first kappa shape index (κ1) is 15.9. The third-order valence-corrected chi connectivity index (χ3v) is 3.49. The second-order valence-electron chi connectivity index (χ2n) is 6.49. The van der Waals surface area contributed by atoms with E-state index in [1.165, 1.54) is 0 Å². The number of ether oxygens (including phenoxy) is 2. The lowest BCUT2D eigenvalue weighted by atomic mass is 9.80. The molecule has 0 aromatic carbocycles. The molecule has 21 heavy (non-hydrogen) atoms. The Kier molecular flexibility index (Phi) is 4.98. The molecule has 0 bridgehead atoms. The van der Waals surface area contributed by atoms with E-state index in [1.54, 1.807) is 0 Å². The van der Waals surface area contributed by atoms with E-state index >= 15 is 0 Å². The van der Waals surface area contributed by atoms with Crippen molar-refractivity contribution in [1.29, 1.82) is 0 Å². The van der Waals surface area contributed by atoms with Gasteiger partial charge in [-0.25, -0.2) is 4.68 Å². The second kappa shape index (κ2) is 6.56. The first-order valence-electron chi connectivity index (χ1n) is 7.60. The molecule has 0 radical (unpaired) electrons. The molecule has 1 fully saturated rings. The van der Waals surface area contributed by atoms with Crippen molar-refractivity contribution >= 4 is 5.97 Å². The van der Waals surface area contributed by atoms with Crippen LogP contribution in [0.25, 0.3) is 0 Å².